The summed E-state index contributed by atoms with van der Waals surface area (Å²) >= 11 is 5.98. The molecule has 0 saturated carbocycles. The summed E-state index contributed by atoms with van der Waals surface area (Å²) in [5.41, 5.74) is 9.28. The topological polar surface area (TPSA) is 118 Å². The number of benzene rings is 2. The SMILES string of the molecule is N#C/C(=N\Nc1cc(Cl)ccc1C(O)c1ccccc1)C(=N)N. The number of nitrogens with one attached hydrogen (secondary N) is 2. The van der Waals surface area contributed by atoms with Gasteiger partial charge in [-0.1, -0.05) is 48.0 Å². The highest BCUT2D eigenvalue weighted by molar-refractivity contribution is 6.45. The van der Waals surface area contributed by atoms with E-state index in [0.717, 1.165) is 0 Å². The molecule has 0 amide bonds. The van der Waals surface area contributed by atoms with Gasteiger partial charge in [0.2, 0.25) is 5.71 Å². The van der Waals surface area contributed by atoms with Gasteiger partial charge in [0.25, 0.3) is 0 Å². The summed E-state index contributed by atoms with van der Waals surface area (Å²) in [6.45, 7) is 0. The van der Waals surface area contributed by atoms with Gasteiger partial charge < -0.3 is 10.8 Å². The summed E-state index contributed by atoms with van der Waals surface area (Å²) in [4.78, 5) is 0. The molecule has 2 rings (SSSR count). The predicted octanol–water partition coefficient (Wildman–Crippen LogP) is 2.65. The lowest BCUT2D eigenvalue weighted by Gasteiger charge is -2.16. The molecule has 2 aromatic rings. The fourth-order valence-corrected chi connectivity index (χ4v) is 2.11. The standard InChI is InChI=1S/C16H14ClN5O/c17-11-6-7-12(15(23)10-4-2-1-3-5-10)13(8-11)21-22-14(9-18)16(19)20/h1-8,15,21,23H,(H3,19,20)/b22-14+. The first-order valence-corrected chi connectivity index (χ1v) is 7.01. The van der Waals surface area contributed by atoms with Crippen LogP contribution in [-0.2, 0) is 0 Å². The van der Waals surface area contributed by atoms with E-state index in [1.165, 1.54) is 0 Å². The van der Waals surface area contributed by atoms with Crippen molar-refractivity contribution in [2.24, 2.45) is 10.8 Å². The molecule has 0 aromatic heterocycles. The van der Waals surface area contributed by atoms with E-state index in [9.17, 15) is 5.11 Å². The van der Waals surface area contributed by atoms with Crippen LogP contribution in [0.4, 0.5) is 5.69 Å². The molecular formula is C16H14ClN5O. The number of hydrazone groups is 1. The zero-order valence-electron chi connectivity index (χ0n) is 12.0. The zero-order chi connectivity index (χ0) is 16.8. The second kappa shape index (κ2) is 7.40. The lowest BCUT2D eigenvalue weighted by Crippen LogP contribution is -2.22. The number of anilines is 1. The number of halogens is 1. The summed E-state index contributed by atoms with van der Waals surface area (Å²) in [5, 5.41) is 30.9. The first-order valence-electron chi connectivity index (χ1n) is 6.63. The van der Waals surface area contributed by atoms with Gasteiger partial charge in [-0.25, -0.2) is 0 Å². The average Bonchev–Trinajstić information content (AvgIpc) is 2.55. The predicted molar refractivity (Wildman–Crippen MR) is 90.5 cm³/mol. The minimum Gasteiger partial charge on any atom is -0.384 e. The Balaban J connectivity index is 2.39. The molecule has 116 valence electrons. The number of nitriles is 1. The van der Waals surface area contributed by atoms with Crippen LogP contribution in [0.25, 0.3) is 0 Å². The summed E-state index contributed by atoms with van der Waals surface area (Å²) in [5.74, 6) is -0.452. The molecule has 0 radical (unpaired) electrons. The van der Waals surface area contributed by atoms with Crippen LogP contribution in [0.2, 0.25) is 5.02 Å². The summed E-state index contributed by atoms with van der Waals surface area (Å²) in [7, 11) is 0. The van der Waals surface area contributed by atoms with E-state index in [-0.39, 0.29) is 5.71 Å². The van der Waals surface area contributed by atoms with Crippen LogP contribution >= 0.6 is 11.6 Å². The number of nitrogens with two attached hydrogens (primary N) is 1. The fraction of sp³-hybridized carbons (Fsp3) is 0.0625. The molecule has 1 unspecified atom stereocenters. The van der Waals surface area contributed by atoms with Crippen LogP contribution in [0.3, 0.4) is 0 Å². The number of hydrogen-bond donors (Lipinski definition) is 4. The van der Waals surface area contributed by atoms with Gasteiger partial charge in [-0.05, 0) is 17.7 Å². The average molecular weight is 328 g/mol. The maximum atomic E-state index is 10.5. The van der Waals surface area contributed by atoms with Crippen LogP contribution in [0.15, 0.2) is 53.6 Å². The van der Waals surface area contributed by atoms with E-state index in [2.05, 4.69) is 10.5 Å². The second-order valence-electron chi connectivity index (χ2n) is 4.64. The largest absolute Gasteiger partial charge is 0.384 e. The van der Waals surface area contributed by atoms with Crippen molar-refractivity contribution in [1.82, 2.24) is 0 Å². The Morgan fingerprint density at radius 3 is 2.61 bits per heavy atom. The van der Waals surface area contributed by atoms with E-state index >= 15 is 0 Å². The third-order valence-corrected chi connectivity index (χ3v) is 3.31. The van der Waals surface area contributed by atoms with Gasteiger partial charge in [0, 0.05) is 10.6 Å². The van der Waals surface area contributed by atoms with Crippen molar-refractivity contribution >= 4 is 28.8 Å². The Hall–Kier alpha value is -2.88. The summed E-state index contributed by atoms with van der Waals surface area (Å²) in [6.07, 6.45) is -0.894. The van der Waals surface area contributed by atoms with Crippen molar-refractivity contribution in [3.63, 3.8) is 0 Å². The van der Waals surface area contributed by atoms with Gasteiger partial charge in [-0.15, -0.1) is 0 Å². The lowest BCUT2D eigenvalue weighted by atomic mass is 10.00. The van der Waals surface area contributed by atoms with Gasteiger partial charge >= 0.3 is 0 Å². The Bertz CT molecular complexity index is 783. The van der Waals surface area contributed by atoms with Crippen molar-refractivity contribution in [3.8, 4) is 6.07 Å². The molecule has 0 fully saturated rings. The molecule has 5 N–H and O–H groups in total. The molecule has 0 aliphatic heterocycles. The first kappa shape index (κ1) is 16.5. The molecule has 0 heterocycles. The lowest BCUT2D eigenvalue weighted by molar-refractivity contribution is 0.221. The van der Waals surface area contributed by atoms with Crippen molar-refractivity contribution in [2.75, 3.05) is 5.43 Å². The smallest absolute Gasteiger partial charge is 0.201 e. The van der Waals surface area contributed by atoms with Crippen LogP contribution in [-0.4, -0.2) is 16.7 Å². The van der Waals surface area contributed by atoms with Crippen LogP contribution in [0.1, 0.15) is 17.2 Å². The number of nitrogens with zero attached hydrogens (tertiary/aromatic N) is 2. The quantitative estimate of drug-likeness (QED) is 0.383. The first-order chi connectivity index (χ1) is 11.0. The van der Waals surface area contributed by atoms with Gasteiger partial charge in [0.15, 0.2) is 5.84 Å². The fourth-order valence-electron chi connectivity index (χ4n) is 1.94. The summed E-state index contributed by atoms with van der Waals surface area (Å²) < 4.78 is 0. The maximum Gasteiger partial charge on any atom is 0.201 e. The molecule has 0 saturated heterocycles. The minimum atomic E-state index is -0.894. The van der Waals surface area contributed by atoms with Crippen molar-refractivity contribution in [2.45, 2.75) is 6.10 Å². The molecule has 1 atom stereocenters. The maximum absolute atomic E-state index is 10.5. The third kappa shape index (κ3) is 4.07. The van der Waals surface area contributed by atoms with E-state index in [1.54, 1.807) is 36.4 Å². The van der Waals surface area contributed by atoms with E-state index < -0.39 is 11.9 Å². The van der Waals surface area contributed by atoms with E-state index in [4.69, 9.17) is 28.0 Å². The molecule has 0 aliphatic rings. The van der Waals surface area contributed by atoms with Crippen LogP contribution in [0, 0.1) is 16.7 Å². The van der Waals surface area contributed by atoms with Gasteiger partial charge in [0.1, 0.15) is 12.2 Å². The van der Waals surface area contributed by atoms with Crippen molar-refractivity contribution in [1.29, 1.82) is 10.7 Å². The van der Waals surface area contributed by atoms with Gasteiger partial charge in [-0.2, -0.15) is 10.4 Å². The highest BCUT2D eigenvalue weighted by Crippen LogP contribution is 2.30. The van der Waals surface area contributed by atoms with E-state index in [1.807, 2.05) is 18.2 Å². The molecule has 0 spiro atoms. The molecule has 0 aliphatic carbocycles. The molecule has 2 aromatic carbocycles. The Labute approximate surface area is 138 Å². The van der Waals surface area contributed by atoms with Crippen LogP contribution in [0.5, 0.6) is 0 Å². The molecular weight excluding hydrogens is 314 g/mol. The van der Waals surface area contributed by atoms with Crippen molar-refractivity contribution in [3.05, 3.63) is 64.7 Å². The van der Waals surface area contributed by atoms with Crippen molar-refractivity contribution < 1.29 is 5.11 Å². The summed E-state index contributed by atoms with van der Waals surface area (Å²) in [6, 6.07) is 15.7. The van der Waals surface area contributed by atoms with E-state index in [0.29, 0.717) is 21.8 Å². The van der Waals surface area contributed by atoms with Gasteiger partial charge in [0.05, 0.1) is 5.69 Å². The molecule has 7 heteroatoms. The van der Waals surface area contributed by atoms with Crippen LogP contribution < -0.4 is 11.2 Å². The Morgan fingerprint density at radius 1 is 1.30 bits per heavy atom. The highest BCUT2D eigenvalue weighted by atomic mass is 35.5. The van der Waals surface area contributed by atoms with Gasteiger partial charge in [-0.3, -0.25) is 10.8 Å². The number of aliphatic hydroxyl groups excluding tert-OH is 1. The minimum absolute atomic E-state index is 0.259. The molecule has 0 bridgehead atoms. The molecule has 6 nitrogen and oxygen atoms in total. The molecule has 23 heavy (non-hydrogen) atoms. The number of aliphatic hydroxyl groups is 1. The monoisotopic (exact) mass is 327 g/mol. The highest BCUT2D eigenvalue weighted by Gasteiger charge is 2.15. The normalized spacial score (nSPS) is 12.3. The zero-order valence-corrected chi connectivity index (χ0v) is 12.7. The second-order valence-corrected chi connectivity index (χ2v) is 5.08. The third-order valence-electron chi connectivity index (χ3n) is 3.07. The Kier molecular flexibility index (Phi) is 5.31. The number of rotatable bonds is 5. The Morgan fingerprint density at radius 2 is 2.00 bits per heavy atom. The number of hydrogen-bond acceptors (Lipinski definition) is 5. The number of amidine groups is 1.